The van der Waals surface area contributed by atoms with Crippen LogP contribution in [-0.4, -0.2) is 159 Å². The molecule has 9 heterocycles. The Labute approximate surface area is 491 Å². The molecule has 0 bridgehead atoms. The minimum Gasteiger partial charge on any atom is -0.433 e. The first-order chi connectivity index (χ1) is 41.6. The van der Waals surface area contributed by atoms with Crippen molar-refractivity contribution in [2.75, 3.05) is 81.7 Å². The number of anilines is 6. The quantitative estimate of drug-likeness (QED) is 0.0806. The van der Waals surface area contributed by atoms with Crippen molar-refractivity contribution < 1.29 is 62.9 Å². The first-order valence-corrected chi connectivity index (χ1v) is 27.2. The van der Waals surface area contributed by atoms with Gasteiger partial charge >= 0.3 is 26.3 Å². The second-order valence-corrected chi connectivity index (χ2v) is 21.1. The number of nitrogens with zero attached hydrogens (tertiary/aromatic N) is 14. The van der Waals surface area contributed by atoms with Crippen LogP contribution in [0.25, 0.3) is 33.1 Å². The summed E-state index contributed by atoms with van der Waals surface area (Å²) in [5.41, 5.74) is 8.52. The molecule has 6 aromatic heterocycles. The van der Waals surface area contributed by atoms with E-state index >= 15 is 0 Å². The Balaban J connectivity index is 0.000000145. The first-order valence-electron chi connectivity index (χ1n) is 27.2. The molecule has 460 valence electrons. The number of pyridine rings is 3. The van der Waals surface area contributed by atoms with Crippen molar-refractivity contribution in [3.8, 4) is 17.2 Å². The zero-order chi connectivity index (χ0) is 62.0. The minimum atomic E-state index is -3.06. The first kappa shape index (κ1) is 61.1. The van der Waals surface area contributed by atoms with Gasteiger partial charge in [0.05, 0.1) is 77.7 Å². The van der Waals surface area contributed by atoms with E-state index in [0.717, 1.165) is 56.7 Å². The van der Waals surface area contributed by atoms with Crippen LogP contribution in [0.4, 0.5) is 78.4 Å². The van der Waals surface area contributed by atoms with Gasteiger partial charge in [0.25, 0.3) is 12.3 Å². The maximum Gasteiger partial charge on any atom is 0.387 e. The number of benzene rings is 3. The second-order valence-electron chi connectivity index (χ2n) is 21.1. The lowest BCUT2D eigenvalue weighted by molar-refractivity contribution is -0.147. The number of likely N-dealkylation sites (tertiary alicyclic amines) is 2. The van der Waals surface area contributed by atoms with Gasteiger partial charge in [0.15, 0.2) is 0 Å². The van der Waals surface area contributed by atoms with Crippen molar-refractivity contribution >= 4 is 73.5 Å². The van der Waals surface area contributed by atoms with Crippen LogP contribution in [0, 0.1) is 0 Å². The molecule has 3 fully saturated rings. The van der Waals surface area contributed by atoms with Gasteiger partial charge in [0.2, 0.25) is 0 Å². The van der Waals surface area contributed by atoms with Crippen molar-refractivity contribution in [1.29, 1.82) is 0 Å². The molecular formula is C58H59F10N15O4. The Morgan fingerprint density at radius 3 is 1.16 bits per heavy atom. The van der Waals surface area contributed by atoms with Crippen molar-refractivity contribution in [2.45, 2.75) is 50.4 Å². The number of nitrogens with one attached hydrogen (secondary N) is 1. The molecule has 29 heteroatoms. The van der Waals surface area contributed by atoms with E-state index in [2.05, 4.69) is 35.2 Å². The molecule has 9 aromatic rings. The Morgan fingerprint density at radius 2 is 0.851 bits per heavy atom. The maximum atomic E-state index is 13.1. The van der Waals surface area contributed by atoms with E-state index in [0.29, 0.717) is 64.6 Å². The van der Waals surface area contributed by atoms with Gasteiger partial charge in [-0.25, -0.2) is 38.7 Å². The molecule has 1 N–H and O–H groups in total. The fraction of sp³-hybridized carbons (Fsp3) is 0.362. The molecule has 0 spiro atoms. The second kappa shape index (κ2) is 25.9. The molecule has 0 atom stereocenters. The molecule has 3 aromatic carbocycles. The van der Waals surface area contributed by atoms with Gasteiger partial charge in [-0.1, -0.05) is 18.2 Å². The lowest BCUT2D eigenvalue weighted by Crippen LogP contribution is -2.50. The smallest absolute Gasteiger partial charge is 0.387 e. The monoisotopic (exact) mass is 1220 g/mol. The lowest BCUT2D eigenvalue weighted by Gasteiger charge is -2.39. The number of halogens is 10. The highest BCUT2D eigenvalue weighted by Gasteiger charge is 2.36. The summed E-state index contributed by atoms with van der Waals surface area (Å²) in [6, 6.07) is 20.8. The molecule has 3 aliphatic heterocycles. The van der Waals surface area contributed by atoms with Gasteiger partial charge in [0.1, 0.15) is 51.3 Å². The number of fused-ring (bicyclic) bond motifs is 3. The molecule has 3 saturated heterocycles. The van der Waals surface area contributed by atoms with Gasteiger partial charge in [-0.15, -0.1) is 0 Å². The number of rotatable bonds is 18. The summed E-state index contributed by atoms with van der Waals surface area (Å²) in [7, 11) is 10.7. The molecule has 3 aliphatic rings. The summed E-state index contributed by atoms with van der Waals surface area (Å²) in [6.07, 6.45) is 4.47. The third-order valence-electron chi connectivity index (χ3n) is 15.4. The van der Waals surface area contributed by atoms with E-state index in [4.69, 9.17) is 14.2 Å². The summed E-state index contributed by atoms with van der Waals surface area (Å²) in [5.74, 6) is 0.650. The number of hydrogen-bond donors (Lipinski definition) is 1. The topological polar surface area (TPSA) is 165 Å². The number of carbonyl (C=O) groups is 1. The SMILES string of the molecule is CN(c1cc2c(cn1)ncn2C)c1ccc(C2CN(C(=O)C(F)F)C2)cc1OC(F)F.CN(c1cc2c(cn1)ncn2C)c1ccc(C2CN(CC(F)F)C2)cc1OC(F)F.CN(c1cc2c(cn1)ncn2C)c1ccc(C2CNC2)cc1OC(F)F. The third kappa shape index (κ3) is 13.7. The molecule has 1 amide bonds. The van der Waals surface area contributed by atoms with Crippen LogP contribution in [0.1, 0.15) is 34.4 Å². The van der Waals surface area contributed by atoms with Gasteiger partial charge in [0, 0.05) is 118 Å². The Kier molecular flexibility index (Phi) is 18.2. The summed E-state index contributed by atoms with van der Waals surface area (Å²) < 4.78 is 148. The van der Waals surface area contributed by atoms with E-state index < -0.39 is 38.6 Å². The van der Waals surface area contributed by atoms with Crippen LogP contribution in [0.2, 0.25) is 0 Å². The highest BCUT2D eigenvalue weighted by molar-refractivity contribution is 5.83. The molecule has 0 unspecified atom stereocenters. The minimum absolute atomic E-state index is 0.00652. The van der Waals surface area contributed by atoms with Crippen LogP contribution in [0.3, 0.4) is 0 Å². The summed E-state index contributed by atoms with van der Waals surface area (Å²) in [4.78, 5) is 44.8. The summed E-state index contributed by atoms with van der Waals surface area (Å²) in [5, 5.41) is 3.19. The van der Waals surface area contributed by atoms with E-state index in [1.165, 1.54) is 6.07 Å². The third-order valence-corrected chi connectivity index (χ3v) is 15.4. The number of imidazole rings is 3. The molecule has 87 heavy (non-hydrogen) atoms. The molecule has 0 radical (unpaired) electrons. The molecule has 12 rings (SSSR count). The average molecular weight is 1220 g/mol. The molecular weight excluding hydrogens is 1160 g/mol. The van der Waals surface area contributed by atoms with Gasteiger partial charge in [-0.3, -0.25) is 9.69 Å². The zero-order valence-electron chi connectivity index (χ0n) is 47.6. The number of alkyl halides is 10. The van der Waals surface area contributed by atoms with Gasteiger partial charge in [-0.05, 0) is 53.1 Å². The van der Waals surface area contributed by atoms with Crippen molar-refractivity contribution in [1.82, 2.24) is 58.7 Å². The normalized spacial score (nSPS) is 14.7. The predicted octanol–water partition coefficient (Wildman–Crippen LogP) is 10.6. The van der Waals surface area contributed by atoms with E-state index in [-0.39, 0.29) is 48.7 Å². The van der Waals surface area contributed by atoms with Crippen LogP contribution < -0.4 is 34.2 Å². The van der Waals surface area contributed by atoms with E-state index in [1.54, 1.807) is 121 Å². The Hall–Kier alpha value is -8.99. The van der Waals surface area contributed by atoms with Crippen LogP contribution >= 0.6 is 0 Å². The number of aryl methyl sites for hydroxylation is 3. The van der Waals surface area contributed by atoms with Crippen LogP contribution in [-0.2, 0) is 25.9 Å². The van der Waals surface area contributed by atoms with Crippen LogP contribution in [0.15, 0.2) is 110 Å². The number of aromatic nitrogens is 9. The summed E-state index contributed by atoms with van der Waals surface area (Å²) >= 11 is 0. The predicted molar refractivity (Wildman–Crippen MR) is 305 cm³/mol. The largest absolute Gasteiger partial charge is 0.433 e. The summed E-state index contributed by atoms with van der Waals surface area (Å²) in [6.45, 7) is -6.37. The molecule has 0 aliphatic carbocycles. The highest BCUT2D eigenvalue weighted by atomic mass is 19.3. The number of hydrogen-bond acceptors (Lipinski definition) is 15. The Bertz CT molecular complexity index is 3870. The van der Waals surface area contributed by atoms with Crippen molar-refractivity contribution in [2.24, 2.45) is 21.1 Å². The van der Waals surface area contributed by atoms with Crippen LogP contribution in [0.5, 0.6) is 17.2 Å². The highest BCUT2D eigenvalue weighted by Crippen LogP contribution is 2.41. The van der Waals surface area contributed by atoms with E-state index in [9.17, 15) is 48.7 Å². The standard InChI is InChI=1S/C20H19F4N5O2.C20H21F4N5O.C18H19F2N5O/c1-27-10-26-13-7-25-17(6-15(13)27)28(2)14-4-3-11(5-16(14)31-20(23)24)12-8-29(9-12)19(30)18(21)22;1-27-11-26-14-7-25-19(6-16(14)27)28(2)15-4-3-12(5-17(15)30-20(23)24)13-8-29(9-13)10-18(21)22;1-24-10-23-13-9-22-17(6-15(13)24)25(2)14-4-3-11(12-7-21-8-12)5-16(14)26-18(19)20/h3-7,10,12,18,20H,8-9H2,1-2H3;3-7,11,13,18,20H,8-10H2,1-2H3;3-6,9-10,12,18,21H,7-8H2,1-2H3. The fourth-order valence-electron chi connectivity index (χ4n) is 10.4. The maximum absolute atomic E-state index is 13.1. The average Bonchev–Trinajstić information content (AvgIpc) is 2.05. The number of ether oxygens (including phenoxy) is 3. The lowest BCUT2D eigenvalue weighted by atomic mass is 9.91. The van der Waals surface area contributed by atoms with Gasteiger partial charge < -0.3 is 52.8 Å². The zero-order valence-corrected chi connectivity index (χ0v) is 47.6. The van der Waals surface area contributed by atoms with E-state index in [1.807, 2.05) is 59.1 Å². The van der Waals surface area contributed by atoms with Gasteiger partial charge in [-0.2, -0.15) is 35.1 Å². The number of amides is 1. The number of carbonyl (C=O) groups excluding carboxylic acids is 1. The molecule has 19 nitrogen and oxygen atoms in total. The van der Waals surface area contributed by atoms with Crippen molar-refractivity contribution in [3.05, 3.63) is 127 Å². The fourth-order valence-corrected chi connectivity index (χ4v) is 10.4. The molecule has 0 saturated carbocycles. The Morgan fingerprint density at radius 1 is 0.506 bits per heavy atom. The van der Waals surface area contributed by atoms with Crippen molar-refractivity contribution in [3.63, 3.8) is 0 Å².